The van der Waals surface area contributed by atoms with Crippen LogP contribution in [0.15, 0.2) is 41.1 Å². The number of benzene rings is 1. The minimum Gasteiger partial charge on any atom is -0.493 e. The van der Waals surface area contributed by atoms with Crippen LogP contribution in [0, 0.1) is 0 Å². The highest BCUT2D eigenvalue weighted by Gasteiger charge is 2.00. The summed E-state index contributed by atoms with van der Waals surface area (Å²) in [5, 5.41) is 12.8. The van der Waals surface area contributed by atoms with Crippen molar-refractivity contribution in [2.45, 2.75) is 19.3 Å². The van der Waals surface area contributed by atoms with Crippen LogP contribution in [0.25, 0.3) is 0 Å². The van der Waals surface area contributed by atoms with Gasteiger partial charge in [0.05, 0.1) is 6.61 Å². The fraction of sp³-hybridized carbons (Fsp3) is 0.267. The van der Waals surface area contributed by atoms with Crippen LogP contribution in [-0.2, 0) is 17.6 Å². The number of aryl methyl sites for hydroxylation is 1. The zero-order chi connectivity index (χ0) is 13.5. The van der Waals surface area contributed by atoms with E-state index in [0.29, 0.717) is 13.0 Å². The van der Waals surface area contributed by atoms with Gasteiger partial charge in [0.25, 0.3) is 0 Å². The van der Waals surface area contributed by atoms with Gasteiger partial charge >= 0.3 is 5.97 Å². The molecule has 0 saturated heterocycles. The summed E-state index contributed by atoms with van der Waals surface area (Å²) in [7, 11) is 0. The summed E-state index contributed by atoms with van der Waals surface area (Å²) in [5.41, 5.74) is 2.32. The Kier molecular flexibility index (Phi) is 4.98. The van der Waals surface area contributed by atoms with Crippen LogP contribution >= 0.6 is 11.3 Å². The third kappa shape index (κ3) is 4.75. The number of carbonyl (C=O) groups is 1. The first-order valence-corrected chi connectivity index (χ1v) is 7.13. The maximum atomic E-state index is 10.5. The molecule has 1 aromatic carbocycles. The van der Waals surface area contributed by atoms with Crippen LogP contribution in [0.3, 0.4) is 0 Å². The monoisotopic (exact) mass is 276 g/mol. The van der Waals surface area contributed by atoms with Gasteiger partial charge in [-0.25, -0.2) is 0 Å². The zero-order valence-corrected chi connectivity index (χ0v) is 11.4. The van der Waals surface area contributed by atoms with Gasteiger partial charge in [-0.2, -0.15) is 11.3 Å². The van der Waals surface area contributed by atoms with Gasteiger partial charge in [0.2, 0.25) is 0 Å². The number of carboxylic acid groups (broad SMARTS) is 1. The summed E-state index contributed by atoms with van der Waals surface area (Å²) >= 11 is 1.69. The molecule has 0 radical (unpaired) electrons. The highest BCUT2D eigenvalue weighted by atomic mass is 32.1. The first-order valence-electron chi connectivity index (χ1n) is 6.18. The zero-order valence-electron chi connectivity index (χ0n) is 10.5. The molecular weight excluding hydrogens is 260 g/mol. The molecule has 0 spiro atoms. The Hall–Kier alpha value is -1.81. The molecule has 2 rings (SSSR count). The SMILES string of the molecule is O=C(O)CCc1ccc(OCCc2ccsc2)cc1. The quantitative estimate of drug-likeness (QED) is 0.843. The molecule has 0 unspecified atom stereocenters. The summed E-state index contributed by atoms with van der Waals surface area (Å²) < 4.78 is 5.65. The number of carboxylic acids is 1. The fourth-order valence-corrected chi connectivity index (χ4v) is 2.43. The number of aliphatic carboxylic acids is 1. The van der Waals surface area contributed by atoms with E-state index in [1.54, 1.807) is 11.3 Å². The van der Waals surface area contributed by atoms with E-state index in [1.807, 2.05) is 24.3 Å². The molecule has 1 N–H and O–H groups in total. The second-order valence-electron chi connectivity index (χ2n) is 4.27. The summed E-state index contributed by atoms with van der Waals surface area (Å²) in [6.07, 6.45) is 1.63. The average molecular weight is 276 g/mol. The van der Waals surface area contributed by atoms with Gasteiger partial charge < -0.3 is 9.84 Å². The van der Waals surface area contributed by atoms with Gasteiger partial charge in [0.1, 0.15) is 5.75 Å². The highest BCUT2D eigenvalue weighted by Crippen LogP contribution is 2.14. The molecule has 1 aromatic heterocycles. The topological polar surface area (TPSA) is 46.5 Å². The summed E-state index contributed by atoms with van der Waals surface area (Å²) in [6.45, 7) is 0.658. The molecule has 0 saturated carbocycles. The number of rotatable bonds is 7. The number of hydrogen-bond donors (Lipinski definition) is 1. The highest BCUT2D eigenvalue weighted by molar-refractivity contribution is 7.07. The molecule has 19 heavy (non-hydrogen) atoms. The van der Waals surface area contributed by atoms with Crippen LogP contribution in [0.1, 0.15) is 17.5 Å². The Morgan fingerprint density at radius 3 is 2.53 bits per heavy atom. The molecule has 0 bridgehead atoms. The van der Waals surface area contributed by atoms with Crippen molar-refractivity contribution < 1.29 is 14.6 Å². The van der Waals surface area contributed by atoms with E-state index in [0.717, 1.165) is 17.7 Å². The van der Waals surface area contributed by atoms with Crippen LogP contribution in [0.5, 0.6) is 5.75 Å². The van der Waals surface area contributed by atoms with E-state index >= 15 is 0 Å². The maximum Gasteiger partial charge on any atom is 0.303 e. The second kappa shape index (κ2) is 6.95. The molecule has 0 aliphatic carbocycles. The first kappa shape index (κ1) is 13.6. The van der Waals surface area contributed by atoms with E-state index < -0.39 is 5.97 Å². The number of ether oxygens (including phenoxy) is 1. The molecule has 100 valence electrons. The predicted molar refractivity (Wildman–Crippen MR) is 75.9 cm³/mol. The van der Waals surface area contributed by atoms with Crippen molar-refractivity contribution in [2.75, 3.05) is 6.61 Å². The van der Waals surface area contributed by atoms with Crippen molar-refractivity contribution in [3.05, 3.63) is 52.2 Å². The average Bonchev–Trinajstić information content (AvgIpc) is 2.91. The van der Waals surface area contributed by atoms with Crippen LogP contribution in [-0.4, -0.2) is 17.7 Å². The molecule has 0 amide bonds. The molecule has 1 heterocycles. The molecule has 0 aliphatic heterocycles. The molecule has 2 aromatic rings. The van der Waals surface area contributed by atoms with E-state index in [1.165, 1.54) is 5.56 Å². The van der Waals surface area contributed by atoms with Gasteiger partial charge in [-0.15, -0.1) is 0 Å². The summed E-state index contributed by atoms with van der Waals surface area (Å²) in [6, 6.07) is 9.73. The lowest BCUT2D eigenvalue weighted by Crippen LogP contribution is -2.01. The molecular formula is C15H16O3S. The first-order chi connectivity index (χ1) is 9.24. The van der Waals surface area contributed by atoms with Gasteiger partial charge in [-0.1, -0.05) is 12.1 Å². The molecule has 3 nitrogen and oxygen atoms in total. The minimum absolute atomic E-state index is 0.165. The predicted octanol–water partition coefficient (Wildman–Crippen LogP) is 3.39. The minimum atomic E-state index is -0.768. The van der Waals surface area contributed by atoms with Crippen molar-refractivity contribution in [1.29, 1.82) is 0 Å². The van der Waals surface area contributed by atoms with E-state index in [9.17, 15) is 4.79 Å². The Balaban J connectivity index is 1.76. The van der Waals surface area contributed by atoms with Crippen molar-refractivity contribution in [1.82, 2.24) is 0 Å². The molecule has 0 aliphatic rings. The smallest absolute Gasteiger partial charge is 0.303 e. The summed E-state index contributed by atoms with van der Waals surface area (Å²) in [5.74, 6) is 0.0606. The van der Waals surface area contributed by atoms with E-state index in [4.69, 9.17) is 9.84 Å². The lowest BCUT2D eigenvalue weighted by molar-refractivity contribution is -0.136. The van der Waals surface area contributed by atoms with Gasteiger partial charge in [-0.3, -0.25) is 4.79 Å². The van der Waals surface area contributed by atoms with Gasteiger partial charge in [0.15, 0.2) is 0 Å². The maximum absolute atomic E-state index is 10.5. The second-order valence-corrected chi connectivity index (χ2v) is 5.05. The molecule has 0 atom stereocenters. The normalized spacial score (nSPS) is 10.3. The Labute approximate surface area is 116 Å². The molecule has 0 fully saturated rings. The lowest BCUT2D eigenvalue weighted by atomic mass is 10.1. The van der Waals surface area contributed by atoms with Crippen LogP contribution in [0.4, 0.5) is 0 Å². The Morgan fingerprint density at radius 1 is 1.11 bits per heavy atom. The molecule has 4 heteroatoms. The Morgan fingerprint density at radius 2 is 1.89 bits per heavy atom. The number of hydrogen-bond acceptors (Lipinski definition) is 3. The number of thiophene rings is 1. The van der Waals surface area contributed by atoms with Crippen molar-refractivity contribution in [3.8, 4) is 5.75 Å². The van der Waals surface area contributed by atoms with Gasteiger partial charge in [-0.05, 0) is 46.5 Å². The standard InChI is InChI=1S/C15H16O3S/c16-15(17)6-3-12-1-4-14(5-2-12)18-9-7-13-8-10-19-11-13/h1-2,4-5,8,10-11H,3,6-7,9H2,(H,16,17). The van der Waals surface area contributed by atoms with Crippen molar-refractivity contribution >= 4 is 17.3 Å². The lowest BCUT2D eigenvalue weighted by Gasteiger charge is -2.06. The Bertz CT molecular complexity index is 503. The largest absolute Gasteiger partial charge is 0.493 e. The van der Waals surface area contributed by atoms with E-state index in [-0.39, 0.29) is 6.42 Å². The van der Waals surface area contributed by atoms with Gasteiger partial charge in [0, 0.05) is 12.8 Å². The third-order valence-electron chi connectivity index (χ3n) is 2.79. The van der Waals surface area contributed by atoms with Crippen LogP contribution in [0.2, 0.25) is 0 Å². The van der Waals surface area contributed by atoms with Crippen molar-refractivity contribution in [2.24, 2.45) is 0 Å². The third-order valence-corrected chi connectivity index (χ3v) is 3.52. The van der Waals surface area contributed by atoms with Crippen LogP contribution < -0.4 is 4.74 Å². The van der Waals surface area contributed by atoms with Crippen molar-refractivity contribution in [3.63, 3.8) is 0 Å². The fourth-order valence-electron chi connectivity index (χ4n) is 1.73. The van der Waals surface area contributed by atoms with E-state index in [2.05, 4.69) is 16.8 Å². The summed E-state index contributed by atoms with van der Waals surface area (Å²) in [4.78, 5) is 10.5.